The lowest BCUT2D eigenvalue weighted by molar-refractivity contribution is 0.102. The Labute approximate surface area is 197 Å². The van der Waals surface area contributed by atoms with Gasteiger partial charge in [0.2, 0.25) is 10.0 Å². The van der Waals surface area contributed by atoms with Crippen LogP contribution >= 0.6 is 11.8 Å². The zero-order valence-corrected chi connectivity index (χ0v) is 20.1. The van der Waals surface area contributed by atoms with E-state index in [2.05, 4.69) is 11.9 Å². The Bertz CT molecular complexity index is 1450. The molecule has 0 aliphatic heterocycles. The second-order valence-corrected chi connectivity index (χ2v) is 10.2. The number of hydrogen-bond donors (Lipinski definition) is 1. The lowest BCUT2D eigenvalue weighted by Crippen LogP contribution is -2.11. The van der Waals surface area contributed by atoms with Crippen LogP contribution in [0, 0.1) is 0 Å². The van der Waals surface area contributed by atoms with Crippen molar-refractivity contribution in [2.24, 2.45) is 5.14 Å². The van der Waals surface area contributed by atoms with E-state index in [1.807, 2.05) is 41.0 Å². The molecule has 172 valence electrons. The van der Waals surface area contributed by atoms with Crippen LogP contribution in [0.5, 0.6) is 5.75 Å². The Morgan fingerprint density at radius 3 is 2.58 bits per heavy atom. The maximum Gasteiger partial charge on any atom is 0.238 e. The number of sulfonamides is 1. The number of benzene rings is 3. The highest BCUT2D eigenvalue weighted by Gasteiger charge is 2.17. The molecule has 4 rings (SSSR count). The van der Waals surface area contributed by atoms with E-state index in [9.17, 15) is 13.2 Å². The van der Waals surface area contributed by atoms with Gasteiger partial charge in [-0.1, -0.05) is 43.3 Å². The molecule has 0 aliphatic rings. The average molecular weight is 484 g/mol. The van der Waals surface area contributed by atoms with Gasteiger partial charge in [0.25, 0.3) is 0 Å². The van der Waals surface area contributed by atoms with E-state index in [1.54, 1.807) is 13.2 Å². The molecule has 0 bridgehead atoms. The van der Waals surface area contributed by atoms with Gasteiger partial charge < -0.3 is 9.30 Å². The number of primary sulfonamides is 1. The summed E-state index contributed by atoms with van der Waals surface area (Å²) in [6, 6.07) is 16.1. The fourth-order valence-corrected chi connectivity index (χ4v) is 5.11. The molecule has 0 amide bonds. The Balaban J connectivity index is 1.59. The first kappa shape index (κ1) is 23.3. The maximum atomic E-state index is 12.9. The smallest absolute Gasteiger partial charge is 0.238 e. The lowest BCUT2D eigenvalue weighted by atomic mass is 10.0. The molecule has 0 radical (unpaired) electrons. The number of aromatic nitrogens is 2. The van der Waals surface area contributed by atoms with Gasteiger partial charge in [0.05, 0.1) is 28.8 Å². The summed E-state index contributed by atoms with van der Waals surface area (Å²) < 4.78 is 30.8. The molecule has 1 aromatic heterocycles. The predicted octanol–water partition coefficient (Wildman–Crippen LogP) is 4.62. The molecule has 0 spiro atoms. The third-order valence-corrected chi connectivity index (χ3v) is 7.34. The Kier molecular flexibility index (Phi) is 6.73. The summed E-state index contributed by atoms with van der Waals surface area (Å²) in [5, 5.41) is 7.93. The number of carbonyl (C=O) groups excluding carboxylic acids is 1. The minimum atomic E-state index is -3.82. The highest BCUT2D eigenvalue weighted by atomic mass is 32.2. The first-order chi connectivity index (χ1) is 15.8. The highest BCUT2D eigenvalue weighted by molar-refractivity contribution is 7.99. The fraction of sp³-hybridized carbons (Fsp3) is 0.250. The minimum Gasteiger partial charge on any atom is -0.497 e. The number of fused-ring (bicyclic) bond motifs is 2. The monoisotopic (exact) mass is 483 g/mol. The topological polar surface area (TPSA) is 104 Å². The second-order valence-electron chi connectivity index (χ2n) is 7.73. The van der Waals surface area contributed by atoms with E-state index in [-0.39, 0.29) is 16.4 Å². The van der Waals surface area contributed by atoms with Crippen LogP contribution < -0.4 is 9.88 Å². The summed E-state index contributed by atoms with van der Waals surface area (Å²) in [6.07, 6.45) is 1.94. The standard InChI is InChI=1S/C24H25N3O4S2/c1-3-4-11-27-22-10-9-20(33(25,29)30)14-21(22)26-24(27)32-15-23(28)18-6-5-17-13-19(31-2)8-7-16(17)12-18/h5-10,12-14H,3-4,11,15H2,1-2H3,(H2,25,29,30). The summed E-state index contributed by atoms with van der Waals surface area (Å²) in [5.41, 5.74) is 2.01. The zero-order chi connectivity index (χ0) is 23.6. The van der Waals surface area contributed by atoms with Crippen LogP contribution in [0.3, 0.4) is 0 Å². The van der Waals surface area contributed by atoms with Crippen molar-refractivity contribution in [3.8, 4) is 5.75 Å². The summed E-state index contributed by atoms with van der Waals surface area (Å²) in [4.78, 5) is 17.6. The fourth-order valence-electron chi connectivity index (χ4n) is 3.64. The van der Waals surface area contributed by atoms with Crippen molar-refractivity contribution >= 4 is 49.4 Å². The molecule has 0 aliphatic carbocycles. The predicted molar refractivity (Wildman–Crippen MR) is 132 cm³/mol. The van der Waals surface area contributed by atoms with Crippen LogP contribution in [0.15, 0.2) is 64.6 Å². The van der Waals surface area contributed by atoms with Gasteiger partial charge in [-0.15, -0.1) is 0 Å². The SMILES string of the molecule is CCCCn1c(SCC(=O)c2ccc3cc(OC)ccc3c2)nc2cc(S(N)(=O)=O)ccc21. The normalized spacial score (nSPS) is 11.8. The van der Waals surface area contributed by atoms with Crippen molar-refractivity contribution < 1.29 is 17.9 Å². The van der Waals surface area contributed by atoms with E-state index >= 15 is 0 Å². The maximum absolute atomic E-state index is 12.9. The molecule has 9 heteroatoms. The van der Waals surface area contributed by atoms with E-state index in [0.29, 0.717) is 16.2 Å². The highest BCUT2D eigenvalue weighted by Crippen LogP contribution is 2.28. The molecular formula is C24H25N3O4S2. The van der Waals surface area contributed by atoms with Crippen LogP contribution in [0.4, 0.5) is 0 Å². The summed E-state index contributed by atoms with van der Waals surface area (Å²) in [7, 11) is -2.19. The number of Topliss-reactive ketones (excluding diaryl/α,β-unsaturated/α-hetero) is 1. The molecule has 2 N–H and O–H groups in total. The third-order valence-electron chi connectivity index (χ3n) is 5.45. The number of ketones is 1. The Morgan fingerprint density at radius 2 is 1.85 bits per heavy atom. The number of methoxy groups -OCH3 is 1. The molecule has 4 aromatic rings. The van der Waals surface area contributed by atoms with Crippen molar-refractivity contribution in [1.29, 1.82) is 0 Å². The molecule has 0 fully saturated rings. The number of nitrogens with zero attached hydrogens (tertiary/aromatic N) is 2. The molecule has 1 heterocycles. The van der Waals surface area contributed by atoms with E-state index in [4.69, 9.17) is 9.88 Å². The molecule has 7 nitrogen and oxygen atoms in total. The molecule has 0 saturated heterocycles. The number of nitrogens with two attached hydrogens (primary N) is 1. The molecule has 0 unspecified atom stereocenters. The van der Waals surface area contributed by atoms with Gasteiger partial charge in [0, 0.05) is 12.1 Å². The second kappa shape index (κ2) is 9.54. The van der Waals surface area contributed by atoms with Gasteiger partial charge >= 0.3 is 0 Å². The van der Waals surface area contributed by atoms with Crippen LogP contribution in [-0.2, 0) is 16.6 Å². The van der Waals surface area contributed by atoms with Crippen LogP contribution in [-0.4, -0.2) is 36.6 Å². The molecule has 0 atom stereocenters. The van der Waals surface area contributed by atoms with E-state index in [0.717, 1.165) is 41.4 Å². The quantitative estimate of drug-likeness (QED) is 0.275. The van der Waals surface area contributed by atoms with Gasteiger partial charge in [0.15, 0.2) is 10.9 Å². The lowest BCUT2D eigenvalue weighted by Gasteiger charge is -2.09. The number of carbonyl (C=O) groups is 1. The first-order valence-corrected chi connectivity index (χ1v) is 13.1. The molecular weight excluding hydrogens is 458 g/mol. The van der Waals surface area contributed by atoms with Crippen LogP contribution in [0.2, 0.25) is 0 Å². The van der Waals surface area contributed by atoms with Crippen molar-refractivity contribution in [3.05, 3.63) is 60.2 Å². The Morgan fingerprint density at radius 1 is 1.09 bits per heavy atom. The number of ether oxygens (including phenoxy) is 1. The van der Waals surface area contributed by atoms with E-state index in [1.165, 1.54) is 23.9 Å². The number of rotatable bonds is 9. The van der Waals surface area contributed by atoms with E-state index < -0.39 is 10.0 Å². The first-order valence-electron chi connectivity index (χ1n) is 10.6. The number of unbranched alkanes of at least 4 members (excludes halogenated alkanes) is 1. The van der Waals surface area contributed by atoms with Crippen molar-refractivity contribution in [1.82, 2.24) is 9.55 Å². The third kappa shape index (κ3) is 5.05. The van der Waals surface area contributed by atoms with Gasteiger partial charge in [0.1, 0.15) is 5.75 Å². The summed E-state index contributed by atoms with van der Waals surface area (Å²) >= 11 is 1.35. The van der Waals surface area contributed by atoms with Crippen LogP contribution in [0.25, 0.3) is 21.8 Å². The van der Waals surface area contributed by atoms with Crippen molar-refractivity contribution in [3.63, 3.8) is 0 Å². The summed E-state index contributed by atoms with van der Waals surface area (Å²) in [5.74, 6) is 0.991. The van der Waals surface area contributed by atoms with Crippen molar-refractivity contribution in [2.75, 3.05) is 12.9 Å². The van der Waals surface area contributed by atoms with Gasteiger partial charge in [-0.05, 0) is 53.6 Å². The van der Waals surface area contributed by atoms with Gasteiger partial charge in [-0.25, -0.2) is 18.5 Å². The van der Waals surface area contributed by atoms with Crippen LogP contribution in [0.1, 0.15) is 30.1 Å². The number of imidazole rings is 1. The average Bonchev–Trinajstić information content (AvgIpc) is 3.16. The molecule has 33 heavy (non-hydrogen) atoms. The zero-order valence-electron chi connectivity index (χ0n) is 18.4. The molecule has 3 aromatic carbocycles. The minimum absolute atomic E-state index is 0.00274. The largest absolute Gasteiger partial charge is 0.497 e. The van der Waals surface area contributed by atoms with Gasteiger partial charge in [-0.2, -0.15) is 0 Å². The summed E-state index contributed by atoms with van der Waals surface area (Å²) in [6.45, 7) is 2.83. The number of aryl methyl sites for hydroxylation is 1. The number of hydrogen-bond acceptors (Lipinski definition) is 6. The van der Waals surface area contributed by atoms with Crippen molar-refractivity contribution in [2.45, 2.75) is 36.4 Å². The Hall–Kier alpha value is -2.88. The molecule has 0 saturated carbocycles. The van der Waals surface area contributed by atoms with Gasteiger partial charge in [-0.3, -0.25) is 4.79 Å². The number of thioether (sulfide) groups is 1.